The summed E-state index contributed by atoms with van der Waals surface area (Å²) < 4.78 is 18.3. The fourth-order valence-electron chi connectivity index (χ4n) is 1.15. The number of benzene rings is 1. The van der Waals surface area contributed by atoms with Crippen LogP contribution in [0.15, 0.2) is 24.3 Å². The van der Waals surface area contributed by atoms with Crippen molar-refractivity contribution in [2.75, 3.05) is 7.11 Å². The second kappa shape index (κ2) is 5.14. The number of hydrogen-bond acceptors (Lipinski definition) is 2. The Morgan fingerprint density at radius 2 is 2.33 bits per heavy atom. The molecule has 1 aromatic carbocycles. The maximum absolute atomic E-state index is 13.3. The van der Waals surface area contributed by atoms with Crippen molar-refractivity contribution in [3.8, 4) is 5.75 Å². The number of rotatable bonds is 4. The van der Waals surface area contributed by atoms with Crippen LogP contribution < -0.4 is 10.5 Å². The molecule has 1 amide bonds. The molecule has 0 radical (unpaired) electrons. The van der Waals surface area contributed by atoms with E-state index in [9.17, 15) is 9.18 Å². The first-order valence-electron chi connectivity index (χ1n) is 4.42. The van der Waals surface area contributed by atoms with Gasteiger partial charge in [0.1, 0.15) is 11.6 Å². The van der Waals surface area contributed by atoms with E-state index >= 15 is 0 Å². The van der Waals surface area contributed by atoms with Crippen molar-refractivity contribution < 1.29 is 13.9 Å². The minimum Gasteiger partial charge on any atom is -0.496 e. The third kappa shape index (κ3) is 3.09. The normalized spacial score (nSPS) is 10.5. The van der Waals surface area contributed by atoms with Gasteiger partial charge in [-0.05, 0) is 12.1 Å². The number of hydrogen-bond donors (Lipinski definition) is 1. The van der Waals surface area contributed by atoms with Crippen LogP contribution in [0.2, 0.25) is 0 Å². The van der Waals surface area contributed by atoms with Crippen LogP contribution in [0.4, 0.5) is 4.39 Å². The average molecular weight is 209 g/mol. The third-order valence-electron chi connectivity index (χ3n) is 1.84. The van der Waals surface area contributed by atoms with E-state index in [0.29, 0.717) is 11.3 Å². The molecule has 0 heterocycles. The predicted molar refractivity (Wildman–Crippen MR) is 55.8 cm³/mol. The van der Waals surface area contributed by atoms with Gasteiger partial charge in [0.05, 0.1) is 12.7 Å². The number of amides is 1. The quantitative estimate of drug-likeness (QED) is 0.820. The standard InChI is InChI=1S/C11H12FNO2/c1-15-10-6-3-5-9(12)8(10)4-2-7-11(13)14/h2-6H,7H2,1H3,(H2,13,14). The molecule has 0 bridgehead atoms. The van der Waals surface area contributed by atoms with Crippen LogP contribution in [0.5, 0.6) is 5.75 Å². The summed E-state index contributed by atoms with van der Waals surface area (Å²) in [5.74, 6) is -0.424. The minimum absolute atomic E-state index is 0.0808. The van der Waals surface area contributed by atoms with Crippen LogP contribution >= 0.6 is 0 Å². The Bertz CT molecular complexity index is 388. The lowest BCUT2D eigenvalue weighted by Gasteiger charge is -2.04. The topological polar surface area (TPSA) is 52.3 Å². The Morgan fingerprint density at radius 1 is 1.60 bits per heavy atom. The molecule has 0 atom stereocenters. The first kappa shape index (κ1) is 11.2. The van der Waals surface area contributed by atoms with Crippen LogP contribution in [0.25, 0.3) is 6.08 Å². The lowest BCUT2D eigenvalue weighted by molar-refractivity contribution is -0.117. The highest BCUT2D eigenvalue weighted by Gasteiger charge is 2.04. The zero-order chi connectivity index (χ0) is 11.3. The molecule has 0 saturated heterocycles. The SMILES string of the molecule is COc1cccc(F)c1C=CCC(N)=O. The van der Waals surface area contributed by atoms with Crippen molar-refractivity contribution in [3.63, 3.8) is 0 Å². The van der Waals surface area contributed by atoms with E-state index in [1.54, 1.807) is 12.1 Å². The van der Waals surface area contributed by atoms with Crippen LogP contribution in [-0.4, -0.2) is 13.0 Å². The number of carbonyl (C=O) groups is 1. The third-order valence-corrected chi connectivity index (χ3v) is 1.84. The maximum Gasteiger partial charge on any atom is 0.221 e. The molecule has 0 aromatic heterocycles. The van der Waals surface area contributed by atoms with Gasteiger partial charge in [-0.3, -0.25) is 4.79 Å². The minimum atomic E-state index is -0.457. The molecule has 0 fully saturated rings. The summed E-state index contributed by atoms with van der Waals surface area (Å²) in [5.41, 5.74) is 5.27. The molecule has 0 spiro atoms. The van der Waals surface area contributed by atoms with Gasteiger partial charge in [-0.15, -0.1) is 0 Å². The first-order chi connectivity index (χ1) is 7.15. The molecule has 15 heavy (non-hydrogen) atoms. The number of methoxy groups -OCH3 is 1. The lowest BCUT2D eigenvalue weighted by atomic mass is 10.1. The second-order valence-corrected chi connectivity index (χ2v) is 2.93. The summed E-state index contributed by atoms with van der Waals surface area (Å²) >= 11 is 0. The van der Waals surface area contributed by atoms with Crippen LogP contribution in [0.3, 0.4) is 0 Å². The summed E-state index contributed by atoms with van der Waals surface area (Å²) in [4.78, 5) is 10.5. The van der Waals surface area contributed by atoms with Gasteiger partial charge in [0, 0.05) is 6.42 Å². The Morgan fingerprint density at radius 3 is 2.93 bits per heavy atom. The van der Waals surface area contributed by atoms with E-state index in [2.05, 4.69) is 0 Å². The molecule has 1 aromatic rings. The molecule has 0 aliphatic rings. The van der Waals surface area contributed by atoms with Crippen molar-refractivity contribution >= 4 is 12.0 Å². The maximum atomic E-state index is 13.3. The smallest absolute Gasteiger partial charge is 0.221 e. The summed E-state index contributed by atoms with van der Waals surface area (Å²) in [6.07, 6.45) is 3.07. The fourth-order valence-corrected chi connectivity index (χ4v) is 1.15. The van der Waals surface area contributed by atoms with Gasteiger partial charge in [-0.25, -0.2) is 4.39 Å². The van der Waals surface area contributed by atoms with E-state index in [1.807, 2.05) is 0 Å². The van der Waals surface area contributed by atoms with Crippen LogP contribution in [0.1, 0.15) is 12.0 Å². The van der Waals surface area contributed by atoms with Gasteiger partial charge in [0.25, 0.3) is 0 Å². The van der Waals surface area contributed by atoms with E-state index < -0.39 is 11.7 Å². The van der Waals surface area contributed by atoms with E-state index in [1.165, 1.54) is 25.3 Å². The Hall–Kier alpha value is -1.84. The highest BCUT2D eigenvalue weighted by molar-refractivity contribution is 5.76. The summed E-state index contributed by atoms with van der Waals surface area (Å²) in [6, 6.07) is 4.53. The van der Waals surface area contributed by atoms with Gasteiger partial charge >= 0.3 is 0 Å². The number of ether oxygens (including phenoxy) is 1. The molecule has 0 aliphatic carbocycles. The summed E-state index contributed by atoms with van der Waals surface area (Å²) in [7, 11) is 1.46. The van der Waals surface area contributed by atoms with E-state index in [4.69, 9.17) is 10.5 Å². The molecule has 4 heteroatoms. The Kier molecular flexibility index (Phi) is 3.85. The number of primary amides is 1. The molecular weight excluding hydrogens is 197 g/mol. The molecule has 0 saturated carbocycles. The molecule has 1 rings (SSSR count). The summed E-state index contributed by atoms with van der Waals surface area (Å²) in [6.45, 7) is 0. The van der Waals surface area contributed by atoms with Crippen molar-refractivity contribution in [1.29, 1.82) is 0 Å². The highest BCUT2D eigenvalue weighted by Crippen LogP contribution is 2.22. The molecule has 3 nitrogen and oxygen atoms in total. The van der Waals surface area contributed by atoms with Gasteiger partial charge in [0.2, 0.25) is 5.91 Å². The molecular formula is C11H12FNO2. The highest BCUT2D eigenvalue weighted by atomic mass is 19.1. The van der Waals surface area contributed by atoms with Crippen LogP contribution in [0, 0.1) is 5.82 Å². The number of carbonyl (C=O) groups excluding carboxylic acids is 1. The van der Waals surface area contributed by atoms with Crippen LogP contribution in [-0.2, 0) is 4.79 Å². The van der Waals surface area contributed by atoms with Crippen molar-refractivity contribution in [1.82, 2.24) is 0 Å². The van der Waals surface area contributed by atoms with Crippen molar-refractivity contribution in [2.24, 2.45) is 5.73 Å². The van der Waals surface area contributed by atoms with Gasteiger partial charge in [0.15, 0.2) is 0 Å². The Balaban J connectivity index is 2.92. The van der Waals surface area contributed by atoms with Crippen molar-refractivity contribution in [2.45, 2.75) is 6.42 Å². The summed E-state index contributed by atoms with van der Waals surface area (Å²) in [5, 5.41) is 0. The second-order valence-electron chi connectivity index (χ2n) is 2.93. The molecule has 0 unspecified atom stereocenters. The average Bonchev–Trinajstić information content (AvgIpc) is 2.20. The van der Waals surface area contributed by atoms with Gasteiger partial charge in [-0.2, -0.15) is 0 Å². The zero-order valence-electron chi connectivity index (χ0n) is 8.37. The predicted octanol–water partition coefficient (Wildman–Crippen LogP) is 1.72. The number of nitrogens with two attached hydrogens (primary N) is 1. The van der Waals surface area contributed by atoms with Gasteiger partial charge < -0.3 is 10.5 Å². The van der Waals surface area contributed by atoms with Crippen molar-refractivity contribution in [3.05, 3.63) is 35.7 Å². The Labute approximate surface area is 87.3 Å². The largest absolute Gasteiger partial charge is 0.496 e. The first-order valence-corrected chi connectivity index (χ1v) is 4.42. The van der Waals surface area contributed by atoms with Gasteiger partial charge in [-0.1, -0.05) is 18.2 Å². The monoisotopic (exact) mass is 209 g/mol. The number of halogens is 1. The zero-order valence-corrected chi connectivity index (χ0v) is 8.37. The molecule has 0 aliphatic heterocycles. The molecule has 2 N–H and O–H groups in total. The van der Waals surface area contributed by atoms with E-state index in [-0.39, 0.29) is 6.42 Å². The van der Waals surface area contributed by atoms with E-state index in [0.717, 1.165) is 0 Å². The molecule has 80 valence electrons. The lowest BCUT2D eigenvalue weighted by Crippen LogP contribution is -2.07. The fraction of sp³-hybridized carbons (Fsp3) is 0.182.